The number of nitrogens with zero attached hydrogens (tertiary/aromatic N) is 5. The van der Waals surface area contributed by atoms with E-state index in [4.69, 9.17) is 4.52 Å². The molecule has 0 spiro atoms. The van der Waals surface area contributed by atoms with Crippen molar-refractivity contribution >= 4 is 11.0 Å². The molecule has 5 aromatic rings. The number of halogens is 2. The summed E-state index contributed by atoms with van der Waals surface area (Å²) < 4.78 is 34.9. The first-order valence-corrected chi connectivity index (χ1v) is 9.32. The number of H-pyrrole nitrogens is 1. The zero-order valence-corrected chi connectivity index (χ0v) is 16.5. The number of nitrogens with one attached hydrogen (secondary N) is 1. The maximum atomic E-state index is 14.2. The Morgan fingerprint density at radius 3 is 2.81 bits per heavy atom. The minimum Gasteiger partial charge on any atom is -0.377 e. The normalized spacial score (nSPS) is 13.6. The smallest absolute Gasteiger partial charge is 0.260 e. The molecule has 0 saturated carbocycles. The minimum atomic E-state index is -2.00. The second-order valence-corrected chi connectivity index (χ2v) is 7.32. The number of aromatic amines is 1. The van der Waals surface area contributed by atoms with Crippen LogP contribution in [-0.4, -0.2) is 35.0 Å². The summed E-state index contributed by atoms with van der Waals surface area (Å²) >= 11 is 0. The Balaban J connectivity index is 1.57. The van der Waals surface area contributed by atoms with Crippen molar-refractivity contribution in [1.29, 1.82) is 0 Å². The van der Waals surface area contributed by atoms with Gasteiger partial charge in [-0.1, -0.05) is 17.3 Å². The summed E-state index contributed by atoms with van der Waals surface area (Å²) in [7, 11) is 1.82. The fourth-order valence-electron chi connectivity index (χ4n) is 3.44. The summed E-state index contributed by atoms with van der Waals surface area (Å²) in [5.74, 6) is -2.34. The van der Waals surface area contributed by atoms with Crippen LogP contribution in [0.4, 0.5) is 8.78 Å². The lowest BCUT2D eigenvalue weighted by atomic mass is 9.94. The molecule has 0 bridgehead atoms. The van der Waals surface area contributed by atoms with E-state index >= 15 is 0 Å². The Bertz CT molecular complexity index is 1420. The fraction of sp³-hybridized carbons (Fsp3) is 0.143. The highest BCUT2D eigenvalue weighted by Gasteiger charge is 2.35. The van der Waals surface area contributed by atoms with Gasteiger partial charge in [0, 0.05) is 47.7 Å². The molecule has 0 saturated heterocycles. The molecule has 5 rings (SSSR count). The van der Waals surface area contributed by atoms with Crippen molar-refractivity contribution < 1.29 is 18.4 Å². The van der Waals surface area contributed by atoms with E-state index in [0.29, 0.717) is 16.6 Å². The highest BCUT2D eigenvalue weighted by atomic mass is 19.2. The first kappa shape index (κ1) is 19.1. The topological polar surface area (TPSA) is 106 Å². The van der Waals surface area contributed by atoms with Crippen LogP contribution in [0.2, 0.25) is 0 Å². The number of aryl methyl sites for hydroxylation is 1. The molecule has 0 fully saturated rings. The van der Waals surface area contributed by atoms with Gasteiger partial charge in [-0.15, -0.1) is 0 Å². The predicted molar refractivity (Wildman–Crippen MR) is 107 cm³/mol. The van der Waals surface area contributed by atoms with E-state index in [9.17, 15) is 13.9 Å². The van der Waals surface area contributed by atoms with Crippen LogP contribution < -0.4 is 0 Å². The van der Waals surface area contributed by atoms with Gasteiger partial charge in [0.1, 0.15) is 5.65 Å². The van der Waals surface area contributed by atoms with Crippen LogP contribution in [0, 0.1) is 11.6 Å². The second kappa shape index (κ2) is 6.81. The maximum Gasteiger partial charge on any atom is 0.260 e. The Morgan fingerprint density at radius 2 is 2.03 bits per heavy atom. The quantitative estimate of drug-likeness (QED) is 0.459. The molecular formula is C21H16F2N6O2. The fourth-order valence-corrected chi connectivity index (χ4v) is 3.44. The Hall–Kier alpha value is -3.92. The first-order chi connectivity index (χ1) is 14.8. The van der Waals surface area contributed by atoms with Crippen LogP contribution in [0.25, 0.3) is 33.6 Å². The predicted octanol–water partition coefficient (Wildman–Crippen LogP) is 3.55. The zero-order valence-electron chi connectivity index (χ0n) is 16.5. The second-order valence-electron chi connectivity index (χ2n) is 7.32. The minimum absolute atomic E-state index is 0.100. The van der Waals surface area contributed by atoms with E-state index in [1.807, 2.05) is 19.3 Å². The van der Waals surface area contributed by atoms with E-state index in [0.717, 1.165) is 17.2 Å². The van der Waals surface area contributed by atoms with E-state index < -0.39 is 17.2 Å². The molecule has 0 radical (unpaired) electrons. The van der Waals surface area contributed by atoms with Crippen molar-refractivity contribution in [3.05, 3.63) is 72.1 Å². The summed E-state index contributed by atoms with van der Waals surface area (Å²) in [5, 5.41) is 19.6. The van der Waals surface area contributed by atoms with Gasteiger partial charge < -0.3 is 14.6 Å². The van der Waals surface area contributed by atoms with Crippen LogP contribution in [0.5, 0.6) is 0 Å². The SMILES string of the molecule is Cn1cc(-c2cnc3[nH]cc(-c4nc(C(C)(O)c5cccc(F)c5F)no4)c3c2)cn1. The number of hydrogen-bond donors (Lipinski definition) is 2. The number of aliphatic hydroxyl groups is 1. The average molecular weight is 422 g/mol. The summed E-state index contributed by atoms with van der Waals surface area (Å²) in [5.41, 5.74) is 0.598. The highest BCUT2D eigenvalue weighted by molar-refractivity contribution is 5.93. The van der Waals surface area contributed by atoms with Gasteiger partial charge in [-0.2, -0.15) is 10.1 Å². The van der Waals surface area contributed by atoms with Crippen LogP contribution >= 0.6 is 0 Å². The van der Waals surface area contributed by atoms with Gasteiger partial charge in [-0.3, -0.25) is 4.68 Å². The molecule has 0 amide bonds. The molecule has 4 heterocycles. The molecule has 0 aliphatic rings. The van der Waals surface area contributed by atoms with Gasteiger partial charge in [0.2, 0.25) is 5.82 Å². The number of rotatable bonds is 4. The molecule has 10 heteroatoms. The van der Waals surface area contributed by atoms with Gasteiger partial charge in [-0.25, -0.2) is 13.8 Å². The number of pyridine rings is 1. The van der Waals surface area contributed by atoms with Gasteiger partial charge >= 0.3 is 0 Å². The Labute approximate surface area is 174 Å². The molecule has 8 nitrogen and oxygen atoms in total. The van der Waals surface area contributed by atoms with Crippen LogP contribution in [0.15, 0.2) is 53.6 Å². The number of aromatic nitrogens is 6. The molecule has 31 heavy (non-hydrogen) atoms. The van der Waals surface area contributed by atoms with E-state index in [1.165, 1.54) is 19.1 Å². The molecule has 4 aromatic heterocycles. The van der Waals surface area contributed by atoms with Crippen LogP contribution in [0.3, 0.4) is 0 Å². The van der Waals surface area contributed by atoms with Crippen molar-refractivity contribution in [2.75, 3.05) is 0 Å². The molecule has 0 aliphatic carbocycles. The van der Waals surface area contributed by atoms with Crippen molar-refractivity contribution in [2.24, 2.45) is 7.05 Å². The molecular weight excluding hydrogens is 406 g/mol. The van der Waals surface area contributed by atoms with Crippen molar-refractivity contribution in [3.8, 4) is 22.6 Å². The lowest BCUT2D eigenvalue weighted by Gasteiger charge is -2.20. The molecule has 2 N–H and O–H groups in total. The summed E-state index contributed by atoms with van der Waals surface area (Å²) in [6, 6.07) is 5.44. The largest absolute Gasteiger partial charge is 0.377 e. The summed E-state index contributed by atoms with van der Waals surface area (Å²) in [4.78, 5) is 11.7. The monoisotopic (exact) mass is 422 g/mol. The number of benzene rings is 1. The molecule has 1 unspecified atom stereocenters. The lowest BCUT2D eigenvalue weighted by molar-refractivity contribution is 0.0843. The van der Waals surface area contributed by atoms with Gasteiger partial charge in [0.15, 0.2) is 17.2 Å². The number of fused-ring (bicyclic) bond motifs is 1. The third kappa shape index (κ3) is 3.08. The maximum absolute atomic E-state index is 14.2. The molecule has 1 aromatic carbocycles. The molecule has 1 atom stereocenters. The van der Waals surface area contributed by atoms with Crippen molar-refractivity contribution in [2.45, 2.75) is 12.5 Å². The average Bonchev–Trinajstić information content (AvgIpc) is 3.48. The lowest BCUT2D eigenvalue weighted by Crippen LogP contribution is -2.26. The summed E-state index contributed by atoms with van der Waals surface area (Å²) in [6.45, 7) is 1.27. The van der Waals surface area contributed by atoms with Crippen molar-refractivity contribution in [3.63, 3.8) is 0 Å². The van der Waals surface area contributed by atoms with Crippen molar-refractivity contribution in [1.82, 2.24) is 29.9 Å². The van der Waals surface area contributed by atoms with Gasteiger partial charge in [-0.05, 0) is 19.1 Å². The molecule has 0 aliphatic heterocycles. The zero-order chi connectivity index (χ0) is 21.8. The summed E-state index contributed by atoms with van der Waals surface area (Å²) in [6.07, 6.45) is 6.96. The van der Waals surface area contributed by atoms with E-state index in [2.05, 4.69) is 25.2 Å². The van der Waals surface area contributed by atoms with Gasteiger partial charge in [0.25, 0.3) is 5.89 Å². The van der Waals surface area contributed by atoms with Gasteiger partial charge in [0.05, 0.1) is 11.8 Å². The third-order valence-electron chi connectivity index (χ3n) is 5.14. The van der Waals surface area contributed by atoms with Crippen LogP contribution in [-0.2, 0) is 12.6 Å². The highest BCUT2D eigenvalue weighted by Crippen LogP contribution is 2.34. The van der Waals surface area contributed by atoms with Crippen LogP contribution in [0.1, 0.15) is 18.3 Å². The standard InChI is InChI=1S/C21H16F2N6O2/c1-21(30,15-4-3-5-16(22)17(15)23)20-27-19(31-28-20)14-9-25-18-13(14)6-11(7-24-18)12-8-26-29(2)10-12/h3-10,30H,1-2H3,(H,24,25). The number of hydrogen-bond acceptors (Lipinski definition) is 6. The Morgan fingerprint density at radius 1 is 1.19 bits per heavy atom. The Kier molecular flexibility index (Phi) is 4.19. The molecule has 156 valence electrons. The third-order valence-corrected chi connectivity index (χ3v) is 5.14. The first-order valence-electron chi connectivity index (χ1n) is 9.32. The van der Waals surface area contributed by atoms with E-state index in [-0.39, 0.29) is 17.3 Å². The van der Waals surface area contributed by atoms with E-state index in [1.54, 1.807) is 23.3 Å².